The van der Waals surface area contributed by atoms with Crippen molar-refractivity contribution in [2.75, 3.05) is 18.3 Å². The lowest BCUT2D eigenvalue weighted by Crippen LogP contribution is -2.32. The normalized spacial score (nSPS) is 19.2. The maximum absolute atomic E-state index is 5.41. The third kappa shape index (κ3) is 2.78. The van der Waals surface area contributed by atoms with Crippen molar-refractivity contribution < 1.29 is 9.47 Å². The van der Waals surface area contributed by atoms with Gasteiger partial charge in [0.05, 0.1) is 0 Å². The monoisotopic (exact) mass is 329 g/mol. The lowest BCUT2D eigenvalue weighted by Gasteiger charge is -2.23. The molecular weight excluding hydrogens is 314 g/mol. The molecule has 0 unspecified atom stereocenters. The smallest absolute Gasteiger partial charge is 0.231 e. The number of fused-ring (bicyclic) bond motifs is 1. The summed E-state index contributed by atoms with van der Waals surface area (Å²) in [4.78, 5) is 0. The zero-order chi connectivity index (χ0) is 12.4. The van der Waals surface area contributed by atoms with Gasteiger partial charge in [-0.25, -0.2) is 0 Å². The van der Waals surface area contributed by atoms with Crippen molar-refractivity contribution in [2.24, 2.45) is 0 Å². The van der Waals surface area contributed by atoms with Gasteiger partial charge in [0.25, 0.3) is 0 Å². The SMILES string of the molecule is Brc1cc2c(cc1CNC1CCSCC1)OCO2. The summed E-state index contributed by atoms with van der Waals surface area (Å²) in [6, 6.07) is 4.72. The number of hydrogen-bond donors (Lipinski definition) is 1. The fraction of sp³-hybridized carbons (Fsp3) is 0.538. The number of ether oxygens (including phenoxy) is 2. The van der Waals surface area contributed by atoms with Crippen LogP contribution in [0.25, 0.3) is 0 Å². The van der Waals surface area contributed by atoms with E-state index in [1.165, 1.54) is 29.9 Å². The molecule has 5 heteroatoms. The lowest BCUT2D eigenvalue weighted by molar-refractivity contribution is 0.174. The molecule has 1 fully saturated rings. The molecule has 3 nitrogen and oxygen atoms in total. The minimum atomic E-state index is 0.332. The van der Waals surface area contributed by atoms with Crippen LogP contribution >= 0.6 is 27.7 Å². The maximum Gasteiger partial charge on any atom is 0.231 e. The van der Waals surface area contributed by atoms with Gasteiger partial charge >= 0.3 is 0 Å². The summed E-state index contributed by atoms with van der Waals surface area (Å²) in [5, 5.41) is 3.63. The van der Waals surface area contributed by atoms with Gasteiger partial charge in [0.2, 0.25) is 6.79 Å². The molecule has 2 aliphatic rings. The number of hydrogen-bond acceptors (Lipinski definition) is 4. The topological polar surface area (TPSA) is 30.5 Å². The van der Waals surface area contributed by atoms with E-state index in [2.05, 4.69) is 39.1 Å². The van der Waals surface area contributed by atoms with Crippen LogP contribution < -0.4 is 14.8 Å². The van der Waals surface area contributed by atoms with Crippen LogP contribution in [0, 0.1) is 0 Å². The molecule has 18 heavy (non-hydrogen) atoms. The Balaban J connectivity index is 1.65. The Bertz CT molecular complexity index is 435. The van der Waals surface area contributed by atoms with Gasteiger partial charge in [0.15, 0.2) is 11.5 Å². The molecule has 1 N–H and O–H groups in total. The van der Waals surface area contributed by atoms with Gasteiger partial charge in [-0.05, 0) is 42.0 Å². The van der Waals surface area contributed by atoms with E-state index in [0.29, 0.717) is 12.8 Å². The Morgan fingerprint density at radius 1 is 1.22 bits per heavy atom. The van der Waals surface area contributed by atoms with Gasteiger partial charge in [-0.1, -0.05) is 15.9 Å². The molecule has 1 aromatic rings. The van der Waals surface area contributed by atoms with Gasteiger partial charge < -0.3 is 14.8 Å². The van der Waals surface area contributed by atoms with E-state index in [1.807, 2.05) is 6.07 Å². The molecule has 0 radical (unpaired) electrons. The maximum atomic E-state index is 5.41. The van der Waals surface area contributed by atoms with E-state index in [9.17, 15) is 0 Å². The van der Waals surface area contributed by atoms with E-state index < -0.39 is 0 Å². The largest absolute Gasteiger partial charge is 0.454 e. The van der Waals surface area contributed by atoms with Crippen LogP contribution in [0.5, 0.6) is 11.5 Å². The molecule has 2 heterocycles. The first kappa shape index (κ1) is 12.6. The van der Waals surface area contributed by atoms with E-state index in [-0.39, 0.29) is 0 Å². The Hall–Kier alpha value is -0.390. The van der Waals surface area contributed by atoms with Crippen molar-refractivity contribution in [3.8, 4) is 11.5 Å². The number of halogens is 1. The standard InChI is InChI=1S/C13H16BrNO2S/c14-11-6-13-12(16-8-17-13)5-9(11)7-15-10-1-3-18-4-2-10/h5-6,10,15H,1-4,7-8H2. The fourth-order valence-corrected chi connectivity index (χ4v) is 3.82. The molecule has 0 aliphatic carbocycles. The first-order chi connectivity index (χ1) is 8.83. The van der Waals surface area contributed by atoms with E-state index in [4.69, 9.17) is 9.47 Å². The van der Waals surface area contributed by atoms with Crippen LogP contribution in [0.4, 0.5) is 0 Å². The van der Waals surface area contributed by atoms with Gasteiger partial charge in [0.1, 0.15) is 0 Å². The van der Waals surface area contributed by atoms with Crippen LogP contribution in [-0.4, -0.2) is 24.3 Å². The molecule has 3 rings (SSSR count). The second kappa shape index (κ2) is 5.72. The average molecular weight is 330 g/mol. The van der Waals surface area contributed by atoms with Crippen LogP contribution in [0.2, 0.25) is 0 Å². The van der Waals surface area contributed by atoms with Crippen molar-refractivity contribution in [1.82, 2.24) is 5.32 Å². The summed E-state index contributed by atoms with van der Waals surface area (Å²) in [7, 11) is 0. The summed E-state index contributed by atoms with van der Waals surface area (Å²) in [5.41, 5.74) is 1.23. The summed E-state index contributed by atoms with van der Waals surface area (Å²) in [6.45, 7) is 1.21. The van der Waals surface area contributed by atoms with Crippen molar-refractivity contribution in [1.29, 1.82) is 0 Å². The second-order valence-electron chi connectivity index (χ2n) is 4.56. The molecular formula is C13H16BrNO2S. The highest BCUT2D eigenvalue weighted by molar-refractivity contribution is 9.10. The first-order valence-corrected chi connectivity index (χ1v) is 8.17. The van der Waals surface area contributed by atoms with Crippen LogP contribution in [-0.2, 0) is 6.54 Å². The van der Waals surface area contributed by atoms with Crippen molar-refractivity contribution in [3.63, 3.8) is 0 Å². The van der Waals surface area contributed by atoms with E-state index in [1.54, 1.807) is 0 Å². The summed E-state index contributed by atoms with van der Waals surface area (Å²) in [5.74, 6) is 4.24. The molecule has 0 atom stereocenters. The van der Waals surface area contributed by atoms with Gasteiger partial charge in [-0.3, -0.25) is 0 Å². The van der Waals surface area contributed by atoms with E-state index >= 15 is 0 Å². The average Bonchev–Trinajstić information content (AvgIpc) is 2.84. The van der Waals surface area contributed by atoms with Crippen LogP contribution in [0.15, 0.2) is 16.6 Å². The summed E-state index contributed by atoms with van der Waals surface area (Å²) >= 11 is 5.65. The Kier molecular flexibility index (Phi) is 4.01. The molecule has 2 aliphatic heterocycles. The van der Waals surface area contributed by atoms with Crippen LogP contribution in [0.3, 0.4) is 0 Å². The predicted molar refractivity (Wildman–Crippen MR) is 77.5 cm³/mol. The zero-order valence-electron chi connectivity index (χ0n) is 10.1. The van der Waals surface area contributed by atoms with E-state index in [0.717, 1.165) is 22.5 Å². The van der Waals surface area contributed by atoms with Gasteiger partial charge in [-0.2, -0.15) is 11.8 Å². The Morgan fingerprint density at radius 2 is 1.94 bits per heavy atom. The zero-order valence-corrected chi connectivity index (χ0v) is 12.5. The Labute approximate surface area is 120 Å². The molecule has 0 aromatic heterocycles. The number of thioether (sulfide) groups is 1. The van der Waals surface area contributed by atoms with Crippen molar-refractivity contribution >= 4 is 27.7 Å². The summed E-state index contributed by atoms with van der Waals surface area (Å²) < 4.78 is 11.9. The highest BCUT2D eigenvalue weighted by atomic mass is 79.9. The Morgan fingerprint density at radius 3 is 2.72 bits per heavy atom. The third-order valence-corrected chi connectivity index (χ3v) is 5.13. The number of benzene rings is 1. The number of rotatable bonds is 3. The summed E-state index contributed by atoms with van der Waals surface area (Å²) in [6.07, 6.45) is 2.54. The van der Waals surface area contributed by atoms with Gasteiger partial charge in [-0.15, -0.1) is 0 Å². The van der Waals surface area contributed by atoms with Crippen LogP contribution in [0.1, 0.15) is 18.4 Å². The van der Waals surface area contributed by atoms with Gasteiger partial charge in [0, 0.05) is 17.1 Å². The second-order valence-corrected chi connectivity index (χ2v) is 6.64. The minimum Gasteiger partial charge on any atom is -0.454 e. The number of nitrogens with one attached hydrogen (secondary N) is 1. The fourth-order valence-electron chi connectivity index (χ4n) is 2.25. The molecule has 98 valence electrons. The lowest BCUT2D eigenvalue weighted by atomic mass is 10.1. The highest BCUT2D eigenvalue weighted by Gasteiger charge is 2.17. The first-order valence-electron chi connectivity index (χ1n) is 6.22. The molecule has 0 saturated carbocycles. The highest BCUT2D eigenvalue weighted by Crippen LogP contribution is 2.37. The van der Waals surface area contributed by atoms with Crippen molar-refractivity contribution in [2.45, 2.75) is 25.4 Å². The third-order valence-electron chi connectivity index (χ3n) is 3.34. The molecule has 0 bridgehead atoms. The molecule has 1 saturated heterocycles. The van der Waals surface area contributed by atoms with Crippen molar-refractivity contribution in [3.05, 3.63) is 22.2 Å². The minimum absolute atomic E-state index is 0.332. The molecule has 1 aromatic carbocycles. The molecule has 0 amide bonds. The predicted octanol–water partition coefficient (Wildman–Crippen LogP) is 3.16. The quantitative estimate of drug-likeness (QED) is 0.922. The molecule has 0 spiro atoms.